The molecule has 19 heavy (non-hydrogen) atoms. The lowest BCUT2D eigenvalue weighted by molar-refractivity contribution is 0.415. The molecule has 1 aromatic rings. The van der Waals surface area contributed by atoms with E-state index < -0.39 is 0 Å². The Hall–Kier alpha value is -2.08. The lowest BCUT2D eigenvalue weighted by Crippen LogP contribution is -2.35. The fraction of sp³-hybridized carbons (Fsp3) is 0.250. The van der Waals surface area contributed by atoms with E-state index in [1.165, 1.54) is 0 Å². The first-order valence-electron chi connectivity index (χ1n) is 5.41. The lowest BCUT2D eigenvalue weighted by Gasteiger charge is -2.06. The Bertz CT molecular complexity index is 551. The zero-order chi connectivity index (χ0) is 14.4. The molecule has 1 aromatic carbocycles. The van der Waals surface area contributed by atoms with Crippen molar-refractivity contribution in [3.05, 3.63) is 23.2 Å². The van der Waals surface area contributed by atoms with Crippen molar-refractivity contribution >= 4 is 34.7 Å². The largest absolute Gasteiger partial charge is 0.495 e. The molecular formula is C12H16ClN5O. The van der Waals surface area contributed by atoms with Crippen LogP contribution in [0.2, 0.25) is 5.02 Å². The highest BCUT2D eigenvalue weighted by atomic mass is 35.5. The van der Waals surface area contributed by atoms with Crippen molar-refractivity contribution in [2.24, 2.45) is 26.4 Å². The van der Waals surface area contributed by atoms with E-state index in [2.05, 4.69) is 15.0 Å². The standard InChI is InChI=1S/C12H16ClN5O/c1-16-10(11(14)17-2)12(15)18-7-4-5-9(19-3)8(13)6-7/h4-6H,1-3H3,(H2,14,17)(H2,15,18). The normalized spacial score (nSPS) is 13.6. The second-order valence-corrected chi connectivity index (χ2v) is 3.90. The van der Waals surface area contributed by atoms with E-state index in [-0.39, 0.29) is 11.7 Å². The maximum atomic E-state index is 6.00. The van der Waals surface area contributed by atoms with Crippen LogP contribution in [-0.4, -0.2) is 38.6 Å². The van der Waals surface area contributed by atoms with E-state index >= 15 is 0 Å². The number of hydrogen-bond acceptors (Lipinski definition) is 4. The molecule has 0 fully saturated rings. The smallest absolute Gasteiger partial charge is 0.153 e. The summed E-state index contributed by atoms with van der Waals surface area (Å²) >= 11 is 6.00. The lowest BCUT2D eigenvalue weighted by atomic mass is 10.3. The summed E-state index contributed by atoms with van der Waals surface area (Å²) in [5.74, 6) is 0.966. The van der Waals surface area contributed by atoms with Gasteiger partial charge in [0, 0.05) is 14.1 Å². The van der Waals surface area contributed by atoms with Crippen molar-refractivity contribution in [3.63, 3.8) is 0 Å². The summed E-state index contributed by atoms with van der Waals surface area (Å²) in [7, 11) is 4.66. The molecule has 4 N–H and O–H groups in total. The van der Waals surface area contributed by atoms with Crippen LogP contribution in [0.4, 0.5) is 5.69 Å². The van der Waals surface area contributed by atoms with Crippen LogP contribution < -0.4 is 16.2 Å². The number of hydrogen-bond donors (Lipinski definition) is 2. The molecule has 6 nitrogen and oxygen atoms in total. The molecule has 1 rings (SSSR count). The average Bonchev–Trinajstić information content (AvgIpc) is 2.39. The number of methoxy groups -OCH3 is 1. The second-order valence-electron chi connectivity index (χ2n) is 3.50. The number of ether oxygens (including phenoxy) is 1. The van der Waals surface area contributed by atoms with Gasteiger partial charge in [-0.15, -0.1) is 0 Å². The Kier molecular flexibility index (Phi) is 5.32. The summed E-state index contributed by atoms with van der Waals surface area (Å²) in [5, 5.41) is 0.448. The molecule has 0 aliphatic rings. The molecule has 0 spiro atoms. The highest BCUT2D eigenvalue weighted by Crippen LogP contribution is 2.28. The number of amidine groups is 2. The van der Waals surface area contributed by atoms with Gasteiger partial charge in [0.1, 0.15) is 17.3 Å². The molecule has 0 aromatic heterocycles. The van der Waals surface area contributed by atoms with Crippen molar-refractivity contribution in [3.8, 4) is 5.75 Å². The molecular weight excluding hydrogens is 266 g/mol. The zero-order valence-electron chi connectivity index (χ0n) is 11.0. The summed E-state index contributed by atoms with van der Waals surface area (Å²) < 4.78 is 5.05. The Labute approximate surface area is 116 Å². The zero-order valence-corrected chi connectivity index (χ0v) is 11.8. The topological polar surface area (TPSA) is 98.3 Å². The summed E-state index contributed by atoms with van der Waals surface area (Å²) in [5.41, 5.74) is 12.4. The van der Waals surface area contributed by atoms with E-state index in [0.717, 1.165) is 0 Å². The molecule has 0 saturated carbocycles. The minimum atomic E-state index is 0.173. The third-order valence-electron chi connectivity index (χ3n) is 2.33. The molecule has 0 amide bonds. The predicted octanol–water partition coefficient (Wildman–Crippen LogP) is 1.40. The molecule has 0 heterocycles. The van der Waals surface area contributed by atoms with Gasteiger partial charge in [-0.05, 0) is 18.2 Å². The third kappa shape index (κ3) is 3.69. The van der Waals surface area contributed by atoms with Crippen LogP contribution in [0.3, 0.4) is 0 Å². The Morgan fingerprint density at radius 1 is 1.16 bits per heavy atom. The molecule has 0 unspecified atom stereocenters. The van der Waals surface area contributed by atoms with Crippen LogP contribution in [0.1, 0.15) is 0 Å². The van der Waals surface area contributed by atoms with Gasteiger partial charge in [0.15, 0.2) is 5.84 Å². The maximum Gasteiger partial charge on any atom is 0.153 e. The molecule has 0 radical (unpaired) electrons. The number of benzene rings is 1. The summed E-state index contributed by atoms with van der Waals surface area (Å²) in [6.07, 6.45) is 0. The van der Waals surface area contributed by atoms with Crippen molar-refractivity contribution in [1.29, 1.82) is 0 Å². The van der Waals surface area contributed by atoms with Gasteiger partial charge in [-0.25, -0.2) is 4.99 Å². The van der Waals surface area contributed by atoms with Crippen molar-refractivity contribution in [2.45, 2.75) is 0 Å². The molecule has 0 bridgehead atoms. The Morgan fingerprint density at radius 2 is 1.84 bits per heavy atom. The van der Waals surface area contributed by atoms with Gasteiger partial charge in [0.05, 0.1) is 17.8 Å². The van der Waals surface area contributed by atoms with E-state index in [0.29, 0.717) is 22.2 Å². The SMILES string of the molecule is CN=C(N)C(=NC)C(N)=Nc1ccc(OC)c(Cl)c1. The van der Waals surface area contributed by atoms with Crippen LogP contribution in [0.15, 0.2) is 33.2 Å². The molecule has 7 heteroatoms. The molecule has 102 valence electrons. The molecule has 0 saturated heterocycles. The van der Waals surface area contributed by atoms with Crippen LogP contribution in [0.5, 0.6) is 5.75 Å². The minimum absolute atomic E-state index is 0.173. The number of nitrogens with zero attached hydrogens (tertiary/aromatic N) is 3. The number of nitrogens with two attached hydrogens (primary N) is 2. The van der Waals surface area contributed by atoms with Crippen molar-refractivity contribution in [1.82, 2.24) is 0 Å². The molecule has 0 aliphatic carbocycles. The number of halogens is 1. The number of rotatable bonds is 4. The van der Waals surface area contributed by atoms with Gasteiger partial charge in [0.25, 0.3) is 0 Å². The van der Waals surface area contributed by atoms with Gasteiger partial charge in [-0.3, -0.25) is 9.98 Å². The minimum Gasteiger partial charge on any atom is -0.495 e. The predicted molar refractivity (Wildman–Crippen MR) is 80.2 cm³/mol. The van der Waals surface area contributed by atoms with Gasteiger partial charge in [-0.1, -0.05) is 11.6 Å². The fourth-order valence-electron chi connectivity index (χ4n) is 1.38. The van der Waals surface area contributed by atoms with Crippen molar-refractivity contribution in [2.75, 3.05) is 21.2 Å². The van der Waals surface area contributed by atoms with E-state index in [9.17, 15) is 0 Å². The van der Waals surface area contributed by atoms with Gasteiger partial charge in [0.2, 0.25) is 0 Å². The van der Waals surface area contributed by atoms with Crippen LogP contribution in [0.25, 0.3) is 0 Å². The highest BCUT2D eigenvalue weighted by Gasteiger charge is 2.09. The van der Waals surface area contributed by atoms with Gasteiger partial charge < -0.3 is 16.2 Å². The summed E-state index contributed by atoms with van der Waals surface area (Å²) in [4.78, 5) is 12.0. The van der Waals surface area contributed by atoms with Crippen LogP contribution >= 0.6 is 11.6 Å². The van der Waals surface area contributed by atoms with Crippen molar-refractivity contribution < 1.29 is 4.74 Å². The van der Waals surface area contributed by atoms with E-state index in [1.54, 1.807) is 39.4 Å². The highest BCUT2D eigenvalue weighted by molar-refractivity contribution is 6.67. The summed E-state index contributed by atoms with van der Waals surface area (Å²) in [6.45, 7) is 0. The Morgan fingerprint density at radius 3 is 2.32 bits per heavy atom. The van der Waals surface area contributed by atoms with E-state index in [1.807, 2.05) is 0 Å². The molecule has 0 atom stereocenters. The third-order valence-corrected chi connectivity index (χ3v) is 2.63. The number of aliphatic imine (C=N–C) groups is 3. The van der Waals surface area contributed by atoms with Gasteiger partial charge in [-0.2, -0.15) is 0 Å². The second kappa shape index (κ2) is 6.75. The maximum absolute atomic E-state index is 6.00. The van der Waals surface area contributed by atoms with E-state index in [4.69, 9.17) is 27.8 Å². The first kappa shape index (κ1) is 15.0. The first-order valence-corrected chi connectivity index (χ1v) is 5.78. The van der Waals surface area contributed by atoms with Gasteiger partial charge >= 0.3 is 0 Å². The monoisotopic (exact) mass is 281 g/mol. The first-order chi connectivity index (χ1) is 9.03. The fourth-order valence-corrected chi connectivity index (χ4v) is 1.64. The van der Waals surface area contributed by atoms with Crippen LogP contribution in [-0.2, 0) is 0 Å². The summed E-state index contributed by atoms with van der Waals surface area (Å²) in [6, 6.07) is 5.07. The Balaban J connectivity index is 3.12. The average molecular weight is 282 g/mol. The van der Waals surface area contributed by atoms with Crippen LogP contribution in [0, 0.1) is 0 Å². The quantitative estimate of drug-likeness (QED) is 0.644. The molecule has 0 aliphatic heterocycles.